The van der Waals surface area contributed by atoms with E-state index in [4.69, 9.17) is 4.74 Å². The van der Waals surface area contributed by atoms with Crippen molar-refractivity contribution in [3.63, 3.8) is 0 Å². The number of carbonyl (C=O) groups excluding carboxylic acids is 1. The van der Waals surface area contributed by atoms with Gasteiger partial charge in [-0.2, -0.15) is 0 Å². The van der Waals surface area contributed by atoms with Crippen molar-refractivity contribution in [1.29, 1.82) is 0 Å². The molecule has 5 heteroatoms. The normalized spacial score (nSPS) is 13.5. The summed E-state index contributed by atoms with van der Waals surface area (Å²) in [6.07, 6.45) is 4.91. The molecule has 0 aliphatic heterocycles. The van der Waals surface area contributed by atoms with Crippen LogP contribution >= 0.6 is 31.9 Å². The van der Waals surface area contributed by atoms with Crippen LogP contribution in [-0.4, -0.2) is 5.91 Å². The topological polar surface area (TPSA) is 38.3 Å². The van der Waals surface area contributed by atoms with Gasteiger partial charge in [0.2, 0.25) is 0 Å². The van der Waals surface area contributed by atoms with E-state index in [1.54, 1.807) is 0 Å². The summed E-state index contributed by atoms with van der Waals surface area (Å²) in [5.74, 6) is 0.696. The van der Waals surface area contributed by atoms with Crippen LogP contribution in [0, 0.1) is 0 Å². The number of halogens is 2. The lowest BCUT2D eigenvalue weighted by atomic mass is 10.2. The van der Waals surface area contributed by atoms with Crippen LogP contribution in [0.15, 0.2) is 63.1 Å². The Kier molecular flexibility index (Phi) is 5.74. The van der Waals surface area contributed by atoms with Crippen molar-refractivity contribution in [3.8, 4) is 5.75 Å². The fraction of sp³-hybridized carbons (Fsp3) is 0.211. The van der Waals surface area contributed by atoms with Crippen LogP contribution in [-0.2, 0) is 11.4 Å². The highest BCUT2D eigenvalue weighted by molar-refractivity contribution is 9.11. The van der Waals surface area contributed by atoms with E-state index in [0.717, 1.165) is 50.8 Å². The lowest BCUT2D eigenvalue weighted by molar-refractivity contribution is -0.112. The summed E-state index contributed by atoms with van der Waals surface area (Å²) in [7, 11) is 0. The molecule has 0 unspecified atom stereocenters. The van der Waals surface area contributed by atoms with E-state index in [2.05, 4.69) is 37.2 Å². The molecule has 0 aromatic heterocycles. The van der Waals surface area contributed by atoms with Crippen molar-refractivity contribution < 1.29 is 9.53 Å². The van der Waals surface area contributed by atoms with Crippen molar-refractivity contribution >= 4 is 43.5 Å². The van der Waals surface area contributed by atoms with Gasteiger partial charge in [0.1, 0.15) is 12.4 Å². The first-order valence-electron chi connectivity index (χ1n) is 7.79. The van der Waals surface area contributed by atoms with E-state index in [1.165, 1.54) is 0 Å². The quantitative estimate of drug-likeness (QED) is 0.621. The molecule has 1 N–H and O–H groups in total. The molecular weight excluding hydrogens is 434 g/mol. The summed E-state index contributed by atoms with van der Waals surface area (Å²) in [5, 5.41) is 2.94. The van der Waals surface area contributed by atoms with Crippen LogP contribution in [0.5, 0.6) is 5.75 Å². The molecule has 2 aromatic carbocycles. The van der Waals surface area contributed by atoms with Gasteiger partial charge in [-0.3, -0.25) is 4.79 Å². The van der Waals surface area contributed by atoms with Gasteiger partial charge < -0.3 is 10.1 Å². The largest absolute Gasteiger partial charge is 0.487 e. The zero-order chi connectivity index (χ0) is 16.9. The van der Waals surface area contributed by atoms with Gasteiger partial charge in [-0.1, -0.05) is 36.4 Å². The number of benzene rings is 2. The summed E-state index contributed by atoms with van der Waals surface area (Å²) in [6.45, 7) is 0.483. The maximum absolute atomic E-state index is 12.2. The zero-order valence-electron chi connectivity index (χ0n) is 13.0. The first-order valence-corrected chi connectivity index (χ1v) is 9.38. The number of ether oxygens (including phenoxy) is 1. The smallest absolute Gasteiger partial charge is 0.251 e. The molecule has 0 fully saturated rings. The molecule has 1 aliphatic rings. The summed E-state index contributed by atoms with van der Waals surface area (Å²) >= 11 is 7.05. The number of allylic oxidation sites excluding steroid dienone is 1. The number of carbonyl (C=O) groups is 1. The molecule has 0 saturated carbocycles. The Morgan fingerprint density at radius 3 is 2.46 bits per heavy atom. The van der Waals surface area contributed by atoms with E-state index in [9.17, 15) is 4.79 Å². The Bertz CT molecular complexity index is 749. The number of nitrogens with one attached hydrogen (secondary N) is 1. The molecule has 1 amide bonds. The molecule has 0 heterocycles. The minimum Gasteiger partial charge on any atom is -0.487 e. The monoisotopic (exact) mass is 449 g/mol. The van der Waals surface area contributed by atoms with E-state index >= 15 is 0 Å². The fourth-order valence-electron chi connectivity index (χ4n) is 2.59. The van der Waals surface area contributed by atoms with E-state index in [0.29, 0.717) is 6.61 Å². The van der Waals surface area contributed by atoms with E-state index in [-0.39, 0.29) is 5.91 Å². The second kappa shape index (κ2) is 7.99. The highest BCUT2D eigenvalue weighted by atomic mass is 79.9. The van der Waals surface area contributed by atoms with Crippen molar-refractivity contribution in [2.75, 3.05) is 5.32 Å². The fourth-order valence-corrected chi connectivity index (χ4v) is 4.00. The number of hydrogen-bond donors (Lipinski definition) is 1. The molecule has 0 atom stereocenters. The third-order valence-electron chi connectivity index (χ3n) is 3.81. The number of amides is 1. The summed E-state index contributed by atoms with van der Waals surface area (Å²) in [5.41, 5.74) is 2.70. The molecule has 124 valence electrons. The third-order valence-corrected chi connectivity index (χ3v) is 4.99. The predicted molar refractivity (Wildman–Crippen MR) is 103 cm³/mol. The van der Waals surface area contributed by atoms with E-state index in [1.807, 2.05) is 48.5 Å². The Balaban J connectivity index is 1.70. The first-order chi connectivity index (χ1) is 11.6. The van der Waals surface area contributed by atoms with Crippen LogP contribution in [0.25, 0.3) is 0 Å². The second-order valence-electron chi connectivity index (χ2n) is 5.62. The Hall–Kier alpha value is -1.59. The third kappa shape index (κ3) is 4.28. The number of hydrogen-bond acceptors (Lipinski definition) is 2. The summed E-state index contributed by atoms with van der Waals surface area (Å²) < 4.78 is 7.49. The van der Waals surface area contributed by atoms with Crippen LogP contribution in [0.3, 0.4) is 0 Å². The Morgan fingerprint density at radius 2 is 1.83 bits per heavy atom. The summed E-state index contributed by atoms with van der Waals surface area (Å²) in [6, 6.07) is 13.7. The standard InChI is InChI=1S/C19H17Br2NO2/c20-16-10-15(22-19(23)14-8-4-5-9-14)11-17(21)18(16)24-12-13-6-2-1-3-7-13/h1-3,6-8,10-11H,4-5,9,12H2,(H,22,23). The first kappa shape index (κ1) is 17.2. The van der Waals surface area contributed by atoms with E-state index < -0.39 is 0 Å². The van der Waals surface area contributed by atoms with Gasteiger partial charge in [0.25, 0.3) is 5.91 Å². The Morgan fingerprint density at radius 1 is 1.12 bits per heavy atom. The molecule has 1 aliphatic carbocycles. The highest BCUT2D eigenvalue weighted by Crippen LogP contribution is 2.37. The van der Waals surface area contributed by atoms with Crippen molar-refractivity contribution in [1.82, 2.24) is 0 Å². The SMILES string of the molecule is O=C(Nc1cc(Br)c(OCc2ccccc2)c(Br)c1)C1=CCCC1. The molecule has 0 spiro atoms. The molecule has 0 bridgehead atoms. The molecule has 0 radical (unpaired) electrons. The molecule has 2 aromatic rings. The average Bonchev–Trinajstić information content (AvgIpc) is 3.09. The lowest BCUT2D eigenvalue weighted by Crippen LogP contribution is -2.13. The van der Waals surface area contributed by atoms with Gasteiger partial charge in [0.15, 0.2) is 0 Å². The molecule has 24 heavy (non-hydrogen) atoms. The number of anilines is 1. The average molecular weight is 451 g/mol. The van der Waals surface area contributed by atoms with Gasteiger partial charge in [-0.15, -0.1) is 0 Å². The Labute approximate surface area is 158 Å². The van der Waals surface area contributed by atoms with Gasteiger partial charge >= 0.3 is 0 Å². The van der Waals surface area contributed by atoms with Crippen LogP contribution < -0.4 is 10.1 Å². The molecule has 0 saturated heterocycles. The lowest BCUT2D eigenvalue weighted by Gasteiger charge is -2.13. The zero-order valence-corrected chi connectivity index (χ0v) is 16.2. The van der Waals surface area contributed by atoms with Gasteiger partial charge in [-0.05, 0) is 68.8 Å². The van der Waals surface area contributed by atoms with Crippen LogP contribution in [0.4, 0.5) is 5.69 Å². The minimum absolute atomic E-state index is 0.0238. The maximum atomic E-state index is 12.2. The van der Waals surface area contributed by atoms with Gasteiger partial charge in [0, 0.05) is 11.3 Å². The van der Waals surface area contributed by atoms with Crippen molar-refractivity contribution in [2.45, 2.75) is 25.9 Å². The minimum atomic E-state index is -0.0238. The molecule has 3 rings (SSSR count). The second-order valence-corrected chi connectivity index (χ2v) is 7.33. The maximum Gasteiger partial charge on any atom is 0.251 e. The molecular formula is C19H17Br2NO2. The summed E-state index contributed by atoms with van der Waals surface area (Å²) in [4.78, 5) is 12.2. The van der Waals surface area contributed by atoms with Gasteiger partial charge in [-0.25, -0.2) is 0 Å². The van der Waals surface area contributed by atoms with Crippen LogP contribution in [0.1, 0.15) is 24.8 Å². The van der Waals surface area contributed by atoms with Gasteiger partial charge in [0.05, 0.1) is 8.95 Å². The molecule has 3 nitrogen and oxygen atoms in total. The highest BCUT2D eigenvalue weighted by Gasteiger charge is 2.15. The predicted octanol–water partition coefficient (Wildman–Crippen LogP) is 5.84. The van der Waals surface area contributed by atoms with Crippen molar-refractivity contribution in [3.05, 3.63) is 68.6 Å². The van der Waals surface area contributed by atoms with Crippen molar-refractivity contribution in [2.24, 2.45) is 0 Å². The number of rotatable bonds is 5. The van der Waals surface area contributed by atoms with Crippen LogP contribution in [0.2, 0.25) is 0 Å².